The van der Waals surface area contributed by atoms with Crippen LogP contribution in [0.15, 0.2) is 18.3 Å². The zero-order chi connectivity index (χ0) is 12.3. The predicted octanol–water partition coefficient (Wildman–Crippen LogP) is 2.25. The molecule has 0 saturated heterocycles. The number of hydrogen-bond acceptors (Lipinski definition) is 3. The smallest absolute Gasteiger partial charge is 0.244 e. The first-order chi connectivity index (χ1) is 8.22. The standard InChI is InChI=1S/C13H16N4/c1-4-6-11(5-2)14-13-15-12-8-7-10(3)9-17(12)16-13/h2,7-9,11H,4,6H2,1,3H3,(H,14,16). The Bertz CT molecular complexity index is 550. The summed E-state index contributed by atoms with van der Waals surface area (Å²) in [6, 6.07) is 3.95. The van der Waals surface area contributed by atoms with Crippen LogP contribution in [0.4, 0.5) is 5.95 Å². The third-order valence-corrected chi connectivity index (χ3v) is 2.56. The summed E-state index contributed by atoms with van der Waals surface area (Å²) in [5, 5.41) is 7.50. The minimum atomic E-state index is -0.00138. The van der Waals surface area contributed by atoms with Gasteiger partial charge in [0.25, 0.3) is 0 Å². The second-order valence-electron chi connectivity index (χ2n) is 4.10. The average molecular weight is 228 g/mol. The Kier molecular flexibility index (Phi) is 3.29. The summed E-state index contributed by atoms with van der Waals surface area (Å²) >= 11 is 0. The van der Waals surface area contributed by atoms with E-state index in [1.807, 2.05) is 25.3 Å². The highest BCUT2D eigenvalue weighted by Gasteiger charge is 2.08. The fourth-order valence-corrected chi connectivity index (χ4v) is 1.69. The van der Waals surface area contributed by atoms with E-state index < -0.39 is 0 Å². The number of anilines is 1. The molecule has 0 bridgehead atoms. The molecule has 1 unspecified atom stereocenters. The van der Waals surface area contributed by atoms with Crippen molar-refractivity contribution < 1.29 is 0 Å². The van der Waals surface area contributed by atoms with E-state index in [1.165, 1.54) is 0 Å². The van der Waals surface area contributed by atoms with Crippen molar-refractivity contribution in [2.24, 2.45) is 0 Å². The van der Waals surface area contributed by atoms with Crippen LogP contribution in [-0.2, 0) is 0 Å². The third-order valence-electron chi connectivity index (χ3n) is 2.56. The normalized spacial score (nSPS) is 12.3. The van der Waals surface area contributed by atoms with Gasteiger partial charge in [0.05, 0.1) is 6.04 Å². The SMILES string of the molecule is C#CC(CCC)Nc1nc2ccc(C)cn2n1. The van der Waals surface area contributed by atoms with E-state index in [0.717, 1.165) is 24.1 Å². The van der Waals surface area contributed by atoms with Crippen LogP contribution in [0.5, 0.6) is 0 Å². The van der Waals surface area contributed by atoms with Crippen LogP contribution in [0, 0.1) is 19.3 Å². The van der Waals surface area contributed by atoms with Gasteiger partial charge in [0.15, 0.2) is 5.65 Å². The third kappa shape index (κ3) is 2.56. The van der Waals surface area contributed by atoms with E-state index in [9.17, 15) is 0 Å². The number of aromatic nitrogens is 3. The Balaban J connectivity index is 2.22. The Hall–Kier alpha value is -2.02. The molecule has 2 aromatic heterocycles. The molecular weight excluding hydrogens is 212 g/mol. The van der Waals surface area contributed by atoms with Crippen molar-refractivity contribution in [2.75, 3.05) is 5.32 Å². The van der Waals surface area contributed by atoms with E-state index in [0.29, 0.717) is 5.95 Å². The van der Waals surface area contributed by atoms with E-state index >= 15 is 0 Å². The zero-order valence-corrected chi connectivity index (χ0v) is 10.1. The first-order valence-electron chi connectivity index (χ1n) is 5.78. The molecule has 0 radical (unpaired) electrons. The van der Waals surface area contributed by atoms with Gasteiger partial charge in [0, 0.05) is 6.20 Å². The van der Waals surface area contributed by atoms with Crippen LogP contribution in [0.3, 0.4) is 0 Å². The van der Waals surface area contributed by atoms with Gasteiger partial charge in [-0.3, -0.25) is 0 Å². The van der Waals surface area contributed by atoms with Crippen molar-refractivity contribution >= 4 is 11.6 Å². The molecule has 2 heterocycles. The molecular formula is C13H16N4. The van der Waals surface area contributed by atoms with Gasteiger partial charge in [-0.1, -0.05) is 25.3 Å². The Morgan fingerprint density at radius 2 is 2.35 bits per heavy atom. The van der Waals surface area contributed by atoms with E-state index in [2.05, 4.69) is 28.2 Å². The lowest BCUT2D eigenvalue weighted by molar-refractivity contribution is 0.747. The van der Waals surface area contributed by atoms with Crippen LogP contribution in [0.1, 0.15) is 25.3 Å². The first kappa shape index (κ1) is 11.5. The minimum absolute atomic E-state index is 0.00138. The summed E-state index contributed by atoms with van der Waals surface area (Å²) < 4.78 is 1.76. The van der Waals surface area contributed by atoms with Crippen LogP contribution in [0.2, 0.25) is 0 Å². The summed E-state index contributed by atoms with van der Waals surface area (Å²) in [6.07, 6.45) is 9.35. The number of pyridine rings is 1. The minimum Gasteiger partial charge on any atom is -0.339 e. The van der Waals surface area contributed by atoms with Gasteiger partial charge in [-0.15, -0.1) is 11.5 Å². The largest absolute Gasteiger partial charge is 0.339 e. The number of nitrogens with zero attached hydrogens (tertiary/aromatic N) is 3. The van der Waals surface area contributed by atoms with Crippen molar-refractivity contribution in [3.05, 3.63) is 23.9 Å². The second-order valence-corrected chi connectivity index (χ2v) is 4.10. The summed E-state index contributed by atoms with van der Waals surface area (Å²) in [7, 11) is 0. The van der Waals surface area contributed by atoms with Crippen molar-refractivity contribution in [3.63, 3.8) is 0 Å². The highest BCUT2D eigenvalue weighted by Crippen LogP contribution is 2.09. The molecule has 0 saturated carbocycles. The monoisotopic (exact) mass is 228 g/mol. The maximum Gasteiger partial charge on any atom is 0.244 e. The van der Waals surface area contributed by atoms with E-state index in [4.69, 9.17) is 6.42 Å². The average Bonchev–Trinajstić information content (AvgIpc) is 2.69. The van der Waals surface area contributed by atoms with E-state index in [-0.39, 0.29) is 6.04 Å². The Morgan fingerprint density at radius 1 is 1.53 bits per heavy atom. The van der Waals surface area contributed by atoms with Crippen molar-refractivity contribution in [2.45, 2.75) is 32.7 Å². The molecule has 2 rings (SSSR count). The van der Waals surface area contributed by atoms with Crippen molar-refractivity contribution in [3.8, 4) is 12.3 Å². The number of fused-ring (bicyclic) bond motifs is 1. The molecule has 17 heavy (non-hydrogen) atoms. The molecule has 1 atom stereocenters. The van der Waals surface area contributed by atoms with Crippen LogP contribution in [-0.4, -0.2) is 20.6 Å². The van der Waals surface area contributed by atoms with Gasteiger partial charge < -0.3 is 5.32 Å². The Morgan fingerprint density at radius 3 is 3.06 bits per heavy atom. The van der Waals surface area contributed by atoms with Crippen molar-refractivity contribution in [1.29, 1.82) is 0 Å². The zero-order valence-electron chi connectivity index (χ0n) is 10.1. The highest BCUT2D eigenvalue weighted by molar-refractivity contribution is 5.45. The summed E-state index contributed by atoms with van der Waals surface area (Å²) in [5.74, 6) is 3.30. The predicted molar refractivity (Wildman–Crippen MR) is 68.9 cm³/mol. The van der Waals surface area contributed by atoms with Gasteiger partial charge >= 0.3 is 0 Å². The topological polar surface area (TPSA) is 42.2 Å². The molecule has 0 aromatic carbocycles. The fraction of sp³-hybridized carbons (Fsp3) is 0.385. The van der Waals surface area contributed by atoms with Gasteiger partial charge in [0.1, 0.15) is 0 Å². The number of aryl methyl sites for hydroxylation is 1. The summed E-state index contributed by atoms with van der Waals surface area (Å²) in [6.45, 7) is 4.13. The Labute approximate surface area is 101 Å². The molecule has 0 spiro atoms. The van der Waals surface area contributed by atoms with Gasteiger partial charge in [-0.2, -0.15) is 4.98 Å². The second kappa shape index (κ2) is 4.88. The fourth-order valence-electron chi connectivity index (χ4n) is 1.69. The van der Waals surface area contributed by atoms with Gasteiger partial charge in [-0.25, -0.2) is 4.52 Å². The molecule has 0 amide bonds. The molecule has 1 N–H and O–H groups in total. The van der Waals surface area contributed by atoms with Crippen LogP contribution < -0.4 is 5.32 Å². The molecule has 2 aromatic rings. The van der Waals surface area contributed by atoms with Gasteiger partial charge in [0.2, 0.25) is 5.95 Å². The molecule has 0 aliphatic rings. The van der Waals surface area contributed by atoms with Gasteiger partial charge in [-0.05, 0) is 25.0 Å². The van der Waals surface area contributed by atoms with E-state index in [1.54, 1.807) is 4.52 Å². The van der Waals surface area contributed by atoms with Crippen molar-refractivity contribution in [1.82, 2.24) is 14.6 Å². The lowest BCUT2D eigenvalue weighted by atomic mass is 10.2. The molecule has 0 aliphatic heterocycles. The molecule has 0 fully saturated rings. The number of hydrogen-bond donors (Lipinski definition) is 1. The molecule has 4 nitrogen and oxygen atoms in total. The molecule has 88 valence electrons. The van der Waals surface area contributed by atoms with Crippen LogP contribution in [0.25, 0.3) is 5.65 Å². The quantitative estimate of drug-likeness (QED) is 0.816. The molecule has 0 aliphatic carbocycles. The number of rotatable bonds is 4. The maximum atomic E-state index is 5.45. The highest BCUT2D eigenvalue weighted by atomic mass is 15.3. The first-order valence-corrected chi connectivity index (χ1v) is 5.78. The number of nitrogens with one attached hydrogen (secondary N) is 1. The summed E-state index contributed by atoms with van der Waals surface area (Å²) in [5.41, 5.74) is 1.97. The lowest BCUT2D eigenvalue weighted by Gasteiger charge is -2.08. The maximum absolute atomic E-state index is 5.45. The molecule has 4 heteroatoms. The van der Waals surface area contributed by atoms with Crippen LogP contribution >= 0.6 is 0 Å². The number of terminal acetylenes is 1. The summed E-state index contributed by atoms with van der Waals surface area (Å²) in [4.78, 5) is 4.37. The lowest BCUT2D eigenvalue weighted by Crippen LogP contribution is -2.17.